The molecule has 0 bridgehead atoms. The maximum atomic E-state index is 4.24. The van der Waals surface area contributed by atoms with Crippen LogP contribution in [0.25, 0.3) is 0 Å². The van der Waals surface area contributed by atoms with Crippen molar-refractivity contribution in [3.63, 3.8) is 0 Å². The first-order chi connectivity index (χ1) is 6.36. The summed E-state index contributed by atoms with van der Waals surface area (Å²) < 4.78 is 0. The third-order valence-corrected chi connectivity index (χ3v) is 2.84. The second-order valence-corrected chi connectivity index (χ2v) is 4.00. The standard InChI is InChI=1S/C10H10N2S/c1-8-9(2-5-13-8)6-10-7-11-3-4-12-10/h2-5,7H,6H2,1H3. The van der Waals surface area contributed by atoms with E-state index in [2.05, 4.69) is 28.3 Å². The summed E-state index contributed by atoms with van der Waals surface area (Å²) in [7, 11) is 0. The molecule has 0 atom stereocenters. The van der Waals surface area contributed by atoms with Gasteiger partial charge in [-0.1, -0.05) is 0 Å². The van der Waals surface area contributed by atoms with Crippen molar-refractivity contribution < 1.29 is 0 Å². The molecule has 0 aliphatic heterocycles. The van der Waals surface area contributed by atoms with E-state index in [0.717, 1.165) is 12.1 Å². The first kappa shape index (κ1) is 8.38. The van der Waals surface area contributed by atoms with Crippen LogP contribution in [-0.4, -0.2) is 9.97 Å². The molecule has 0 radical (unpaired) electrons. The Bertz CT molecular complexity index is 381. The Morgan fingerprint density at radius 1 is 1.38 bits per heavy atom. The Morgan fingerprint density at radius 2 is 2.31 bits per heavy atom. The lowest BCUT2D eigenvalue weighted by Gasteiger charge is -1.97. The Balaban J connectivity index is 2.20. The van der Waals surface area contributed by atoms with Crippen LogP contribution >= 0.6 is 11.3 Å². The minimum Gasteiger partial charge on any atom is -0.261 e. The van der Waals surface area contributed by atoms with E-state index in [-0.39, 0.29) is 0 Å². The minimum absolute atomic E-state index is 0.892. The highest BCUT2D eigenvalue weighted by molar-refractivity contribution is 7.10. The molecule has 0 amide bonds. The third kappa shape index (κ3) is 1.92. The van der Waals surface area contributed by atoms with Crippen LogP contribution < -0.4 is 0 Å². The van der Waals surface area contributed by atoms with Gasteiger partial charge in [0.15, 0.2) is 0 Å². The average Bonchev–Trinajstić information content (AvgIpc) is 2.54. The number of rotatable bonds is 2. The monoisotopic (exact) mass is 190 g/mol. The molecule has 13 heavy (non-hydrogen) atoms. The van der Waals surface area contributed by atoms with E-state index in [0.29, 0.717) is 0 Å². The van der Waals surface area contributed by atoms with Crippen LogP contribution in [0.1, 0.15) is 16.1 Å². The summed E-state index contributed by atoms with van der Waals surface area (Å²) in [6, 6.07) is 2.15. The van der Waals surface area contributed by atoms with Crippen LogP contribution in [0, 0.1) is 6.92 Å². The molecule has 2 heterocycles. The molecule has 0 unspecified atom stereocenters. The summed E-state index contributed by atoms with van der Waals surface area (Å²) in [5.74, 6) is 0. The van der Waals surface area contributed by atoms with Crippen molar-refractivity contribution in [3.8, 4) is 0 Å². The number of nitrogens with zero attached hydrogens (tertiary/aromatic N) is 2. The third-order valence-electron chi connectivity index (χ3n) is 1.95. The van der Waals surface area contributed by atoms with Gasteiger partial charge in [0.2, 0.25) is 0 Å². The SMILES string of the molecule is Cc1sccc1Cc1cnccn1. The zero-order valence-electron chi connectivity index (χ0n) is 7.40. The van der Waals surface area contributed by atoms with Crippen molar-refractivity contribution in [3.05, 3.63) is 46.2 Å². The Morgan fingerprint density at radius 3 is 2.92 bits per heavy atom. The van der Waals surface area contributed by atoms with Crippen LogP contribution in [0.4, 0.5) is 0 Å². The van der Waals surface area contributed by atoms with Gasteiger partial charge in [-0.2, -0.15) is 0 Å². The predicted molar refractivity (Wildman–Crippen MR) is 53.9 cm³/mol. The normalized spacial score (nSPS) is 10.2. The second kappa shape index (κ2) is 3.66. The highest BCUT2D eigenvalue weighted by atomic mass is 32.1. The Labute approximate surface area is 81.3 Å². The molecule has 0 spiro atoms. The number of aromatic nitrogens is 2. The quantitative estimate of drug-likeness (QED) is 0.727. The number of hydrogen-bond acceptors (Lipinski definition) is 3. The first-order valence-electron chi connectivity index (χ1n) is 4.14. The first-order valence-corrected chi connectivity index (χ1v) is 5.02. The fourth-order valence-corrected chi connectivity index (χ4v) is 1.94. The van der Waals surface area contributed by atoms with Crippen molar-refractivity contribution in [2.45, 2.75) is 13.3 Å². The molecule has 2 aromatic heterocycles. The van der Waals surface area contributed by atoms with Gasteiger partial charge >= 0.3 is 0 Å². The summed E-state index contributed by atoms with van der Waals surface area (Å²) >= 11 is 1.78. The molecular weight excluding hydrogens is 180 g/mol. The lowest BCUT2D eigenvalue weighted by atomic mass is 10.1. The maximum Gasteiger partial charge on any atom is 0.0630 e. The number of hydrogen-bond donors (Lipinski definition) is 0. The van der Waals surface area contributed by atoms with Gasteiger partial charge in [0.25, 0.3) is 0 Å². The predicted octanol–water partition coefficient (Wildman–Crippen LogP) is 2.44. The topological polar surface area (TPSA) is 25.8 Å². The van der Waals surface area contributed by atoms with Crippen molar-refractivity contribution in [1.82, 2.24) is 9.97 Å². The molecule has 0 saturated carbocycles. The maximum absolute atomic E-state index is 4.24. The molecule has 0 N–H and O–H groups in total. The van der Waals surface area contributed by atoms with Gasteiger partial charge < -0.3 is 0 Å². The molecule has 0 aliphatic rings. The smallest absolute Gasteiger partial charge is 0.0630 e. The molecular formula is C10H10N2S. The van der Waals surface area contributed by atoms with Gasteiger partial charge in [0.05, 0.1) is 5.69 Å². The summed E-state index contributed by atoms with van der Waals surface area (Å²) in [5.41, 5.74) is 2.38. The zero-order valence-corrected chi connectivity index (χ0v) is 8.21. The summed E-state index contributed by atoms with van der Waals surface area (Å²) in [5, 5.41) is 2.11. The summed E-state index contributed by atoms with van der Waals surface area (Å²) in [6.07, 6.45) is 6.14. The fraction of sp³-hybridized carbons (Fsp3) is 0.200. The molecule has 0 aliphatic carbocycles. The molecule has 2 rings (SSSR count). The van der Waals surface area contributed by atoms with Crippen molar-refractivity contribution in [2.24, 2.45) is 0 Å². The molecule has 0 fully saturated rings. The Kier molecular flexibility index (Phi) is 2.36. The van der Waals surface area contributed by atoms with Gasteiger partial charge in [0.1, 0.15) is 0 Å². The van der Waals surface area contributed by atoms with Crippen LogP contribution in [0.15, 0.2) is 30.0 Å². The summed E-state index contributed by atoms with van der Waals surface area (Å²) in [4.78, 5) is 9.64. The van der Waals surface area contributed by atoms with E-state index in [4.69, 9.17) is 0 Å². The van der Waals surface area contributed by atoms with E-state index < -0.39 is 0 Å². The van der Waals surface area contributed by atoms with Crippen molar-refractivity contribution in [1.29, 1.82) is 0 Å². The fourth-order valence-electron chi connectivity index (χ4n) is 1.21. The van der Waals surface area contributed by atoms with Gasteiger partial charge in [-0.25, -0.2) is 0 Å². The van der Waals surface area contributed by atoms with Gasteiger partial charge in [0, 0.05) is 29.9 Å². The molecule has 0 saturated heterocycles. The van der Waals surface area contributed by atoms with Crippen molar-refractivity contribution in [2.75, 3.05) is 0 Å². The van der Waals surface area contributed by atoms with Crippen LogP contribution in [-0.2, 0) is 6.42 Å². The number of aryl methyl sites for hydroxylation is 1. The van der Waals surface area contributed by atoms with E-state index in [9.17, 15) is 0 Å². The molecule has 66 valence electrons. The molecule has 0 aromatic carbocycles. The van der Waals surface area contributed by atoms with E-state index >= 15 is 0 Å². The molecule has 2 nitrogen and oxygen atoms in total. The largest absolute Gasteiger partial charge is 0.261 e. The van der Waals surface area contributed by atoms with Crippen LogP contribution in [0.2, 0.25) is 0 Å². The van der Waals surface area contributed by atoms with Crippen molar-refractivity contribution >= 4 is 11.3 Å². The van der Waals surface area contributed by atoms with E-state index in [1.807, 2.05) is 6.20 Å². The summed E-state index contributed by atoms with van der Waals surface area (Å²) in [6.45, 7) is 2.14. The average molecular weight is 190 g/mol. The Hall–Kier alpha value is -1.22. The van der Waals surface area contributed by atoms with Crippen LogP contribution in [0.5, 0.6) is 0 Å². The van der Waals surface area contributed by atoms with Gasteiger partial charge in [-0.3, -0.25) is 9.97 Å². The highest BCUT2D eigenvalue weighted by Gasteiger charge is 2.01. The highest BCUT2D eigenvalue weighted by Crippen LogP contribution is 2.17. The van der Waals surface area contributed by atoms with Gasteiger partial charge in [-0.15, -0.1) is 11.3 Å². The second-order valence-electron chi connectivity index (χ2n) is 2.88. The molecule has 3 heteroatoms. The van der Waals surface area contributed by atoms with E-state index in [1.165, 1.54) is 10.4 Å². The zero-order chi connectivity index (χ0) is 9.10. The van der Waals surface area contributed by atoms with Crippen LogP contribution in [0.3, 0.4) is 0 Å². The minimum atomic E-state index is 0.892. The lowest BCUT2D eigenvalue weighted by Crippen LogP contribution is -1.91. The lowest BCUT2D eigenvalue weighted by molar-refractivity contribution is 1.03. The van der Waals surface area contributed by atoms with Gasteiger partial charge in [-0.05, 0) is 23.9 Å². The number of thiophene rings is 1. The van der Waals surface area contributed by atoms with E-state index in [1.54, 1.807) is 23.7 Å². The molecule has 2 aromatic rings.